The van der Waals surface area contributed by atoms with Gasteiger partial charge in [-0.1, -0.05) is 0 Å². The molecule has 25 heavy (non-hydrogen) atoms. The zero-order valence-corrected chi connectivity index (χ0v) is 15.8. The first kappa shape index (κ1) is 18.8. The van der Waals surface area contributed by atoms with Crippen molar-refractivity contribution in [3.63, 3.8) is 0 Å². The molecule has 0 aliphatic rings. The van der Waals surface area contributed by atoms with E-state index in [1.54, 1.807) is 44.7 Å². The number of ether oxygens (including phenoxy) is 1. The summed E-state index contributed by atoms with van der Waals surface area (Å²) in [5.41, 5.74) is 0.499. The van der Waals surface area contributed by atoms with Crippen LogP contribution in [-0.4, -0.2) is 29.8 Å². The van der Waals surface area contributed by atoms with Crippen molar-refractivity contribution in [3.8, 4) is 0 Å². The van der Waals surface area contributed by atoms with Gasteiger partial charge in [-0.15, -0.1) is 0 Å². The number of anilines is 2. The van der Waals surface area contributed by atoms with Crippen LogP contribution in [0.25, 0.3) is 10.9 Å². The lowest BCUT2D eigenvalue weighted by atomic mass is 10.1. The van der Waals surface area contributed by atoms with Crippen LogP contribution in [-0.2, 0) is 4.74 Å². The minimum atomic E-state index is -0.605. The normalized spacial score (nSPS) is 11.7. The molecule has 0 aliphatic heterocycles. The van der Waals surface area contributed by atoms with E-state index in [0.29, 0.717) is 22.2 Å². The molecule has 0 unspecified atom stereocenters. The van der Waals surface area contributed by atoms with E-state index in [1.165, 1.54) is 0 Å². The molecule has 0 radical (unpaired) electrons. The van der Waals surface area contributed by atoms with Crippen LogP contribution in [0.1, 0.15) is 40.2 Å². The molecule has 7 heteroatoms. The van der Waals surface area contributed by atoms with Crippen molar-refractivity contribution in [2.45, 2.75) is 53.2 Å². The first-order chi connectivity index (χ1) is 11.5. The molecule has 1 heterocycles. The number of rotatable bonds is 3. The number of nitrogens with one attached hydrogen (secondary N) is 1. The molecule has 0 spiro atoms. The smallest absolute Gasteiger partial charge is 0.412 e. The summed E-state index contributed by atoms with van der Waals surface area (Å²) < 4.78 is 10.6. The van der Waals surface area contributed by atoms with Gasteiger partial charge >= 0.3 is 17.7 Å². The summed E-state index contributed by atoms with van der Waals surface area (Å²) in [5, 5.41) is 3.00. The molecule has 0 fully saturated rings. The molecule has 136 valence electrons. The minimum Gasteiger partial charge on any atom is -0.444 e. The van der Waals surface area contributed by atoms with E-state index < -0.39 is 17.3 Å². The van der Waals surface area contributed by atoms with Crippen LogP contribution in [0.4, 0.5) is 16.5 Å². The van der Waals surface area contributed by atoms with Crippen molar-refractivity contribution in [3.05, 3.63) is 28.1 Å². The number of aromatic nitrogens is 1. The van der Waals surface area contributed by atoms with E-state index in [-0.39, 0.29) is 12.1 Å². The SMILES string of the molecule is Cc1c(NC(=O)OC(C)(C)C)ccc2nc(N(C)C(C)C)oc(=O)c12. The summed E-state index contributed by atoms with van der Waals surface area (Å²) in [7, 11) is 1.81. The lowest BCUT2D eigenvalue weighted by molar-refractivity contribution is 0.0636. The van der Waals surface area contributed by atoms with Crippen LogP contribution in [0.5, 0.6) is 0 Å². The lowest BCUT2D eigenvalue weighted by Gasteiger charge is -2.21. The van der Waals surface area contributed by atoms with Crippen molar-refractivity contribution in [2.75, 3.05) is 17.3 Å². The number of hydrogen-bond donors (Lipinski definition) is 1. The standard InChI is InChI=1S/C18H25N3O4/c1-10(2)21(7)16-19-13-9-8-12(11(3)14(13)15(22)24-16)20-17(23)25-18(4,5)6/h8-10H,1-7H3,(H,20,23). The molecular formula is C18H25N3O4. The van der Waals surface area contributed by atoms with Gasteiger partial charge in [0.1, 0.15) is 5.60 Å². The van der Waals surface area contributed by atoms with Crippen LogP contribution in [0.2, 0.25) is 0 Å². The fourth-order valence-electron chi connectivity index (χ4n) is 2.23. The summed E-state index contributed by atoms with van der Waals surface area (Å²) in [6.07, 6.45) is -0.580. The molecule has 1 N–H and O–H groups in total. The Kier molecular flexibility index (Phi) is 5.06. The summed E-state index contributed by atoms with van der Waals surface area (Å²) >= 11 is 0. The maximum atomic E-state index is 12.4. The quantitative estimate of drug-likeness (QED) is 0.911. The Morgan fingerprint density at radius 3 is 2.52 bits per heavy atom. The molecule has 0 bridgehead atoms. The highest BCUT2D eigenvalue weighted by Crippen LogP contribution is 2.24. The number of fused-ring (bicyclic) bond motifs is 1. The monoisotopic (exact) mass is 347 g/mol. The molecule has 0 saturated heterocycles. The van der Waals surface area contributed by atoms with Gasteiger partial charge in [0.25, 0.3) is 0 Å². The first-order valence-electron chi connectivity index (χ1n) is 8.17. The Hall–Kier alpha value is -2.57. The van der Waals surface area contributed by atoms with Gasteiger partial charge in [0.2, 0.25) is 0 Å². The van der Waals surface area contributed by atoms with Crippen LogP contribution in [0.15, 0.2) is 21.3 Å². The molecule has 1 aromatic heterocycles. The number of carbonyl (C=O) groups is 1. The first-order valence-corrected chi connectivity index (χ1v) is 8.17. The zero-order chi connectivity index (χ0) is 18.9. The van der Waals surface area contributed by atoms with Crippen LogP contribution < -0.4 is 15.8 Å². The van der Waals surface area contributed by atoms with Gasteiger partial charge in [-0.2, -0.15) is 4.98 Å². The number of benzene rings is 1. The number of carbonyl (C=O) groups excluding carboxylic acids is 1. The third kappa shape index (κ3) is 4.29. The van der Waals surface area contributed by atoms with Gasteiger partial charge in [0.05, 0.1) is 10.9 Å². The van der Waals surface area contributed by atoms with Crippen molar-refractivity contribution >= 4 is 28.7 Å². The van der Waals surface area contributed by atoms with Gasteiger partial charge in [-0.25, -0.2) is 9.59 Å². The number of nitrogens with zero attached hydrogens (tertiary/aromatic N) is 2. The maximum absolute atomic E-state index is 12.4. The van der Waals surface area contributed by atoms with Gasteiger partial charge < -0.3 is 14.1 Å². The summed E-state index contributed by atoms with van der Waals surface area (Å²) in [6.45, 7) is 11.0. The van der Waals surface area contributed by atoms with Crippen molar-refractivity contribution < 1.29 is 13.9 Å². The summed E-state index contributed by atoms with van der Waals surface area (Å²) in [6, 6.07) is 3.79. The van der Waals surface area contributed by atoms with E-state index in [0.717, 1.165) is 0 Å². The molecule has 0 atom stereocenters. The fourth-order valence-corrected chi connectivity index (χ4v) is 2.23. The Bertz CT molecular complexity index is 850. The largest absolute Gasteiger partial charge is 0.444 e. The van der Waals surface area contributed by atoms with Gasteiger partial charge in [-0.05, 0) is 59.2 Å². The average Bonchev–Trinajstić information content (AvgIpc) is 2.46. The Morgan fingerprint density at radius 1 is 1.32 bits per heavy atom. The molecule has 2 rings (SSSR count). The molecular weight excluding hydrogens is 322 g/mol. The van der Waals surface area contributed by atoms with Gasteiger partial charge in [0, 0.05) is 18.8 Å². The highest BCUT2D eigenvalue weighted by atomic mass is 16.6. The topological polar surface area (TPSA) is 84.7 Å². The predicted molar refractivity (Wildman–Crippen MR) is 98.4 cm³/mol. The van der Waals surface area contributed by atoms with Crippen LogP contribution in [0.3, 0.4) is 0 Å². The van der Waals surface area contributed by atoms with E-state index in [9.17, 15) is 9.59 Å². The highest BCUT2D eigenvalue weighted by molar-refractivity contribution is 5.93. The number of hydrogen-bond acceptors (Lipinski definition) is 6. The summed E-state index contributed by atoms with van der Waals surface area (Å²) in [4.78, 5) is 30.6. The Balaban J connectivity index is 2.43. The minimum absolute atomic E-state index is 0.141. The highest BCUT2D eigenvalue weighted by Gasteiger charge is 2.19. The summed E-state index contributed by atoms with van der Waals surface area (Å²) in [5.74, 6) is 0. The molecule has 0 aliphatic carbocycles. The van der Waals surface area contributed by atoms with E-state index >= 15 is 0 Å². The van der Waals surface area contributed by atoms with Crippen molar-refractivity contribution in [1.82, 2.24) is 4.98 Å². The average molecular weight is 347 g/mol. The van der Waals surface area contributed by atoms with Gasteiger partial charge in [-0.3, -0.25) is 5.32 Å². The number of aryl methyl sites for hydroxylation is 1. The van der Waals surface area contributed by atoms with Gasteiger partial charge in [0.15, 0.2) is 0 Å². The molecule has 2 aromatic rings. The molecule has 1 aromatic carbocycles. The molecule has 7 nitrogen and oxygen atoms in total. The van der Waals surface area contributed by atoms with Crippen LogP contribution >= 0.6 is 0 Å². The molecule has 0 saturated carbocycles. The van der Waals surface area contributed by atoms with Crippen molar-refractivity contribution in [2.24, 2.45) is 0 Å². The van der Waals surface area contributed by atoms with Crippen LogP contribution in [0, 0.1) is 6.92 Å². The van der Waals surface area contributed by atoms with E-state index in [4.69, 9.17) is 9.15 Å². The maximum Gasteiger partial charge on any atom is 0.412 e. The molecule has 1 amide bonds. The third-order valence-corrected chi connectivity index (χ3v) is 3.76. The van der Waals surface area contributed by atoms with E-state index in [2.05, 4.69) is 10.3 Å². The third-order valence-electron chi connectivity index (χ3n) is 3.76. The second-order valence-corrected chi connectivity index (χ2v) is 7.25. The Labute approximate surface area is 147 Å². The predicted octanol–water partition coefficient (Wildman–Crippen LogP) is 3.69. The Morgan fingerprint density at radius 2 is 1.96 bits per heavy atom. The van der Waals surface area contributed by atoms with E-state index in [1.807, 2.05) is 20.9 Å². The zero-order valence-electron chi connectivity index (χ0n) is 15.8. The van der Waals surface area contributed by atoms with Crippen molar-refractivity contribution in [1.29, 1.82) is 0 Å². The second-order valence-electron chi connectivity index (χ2n) is 7.25. The fraction of sp³-hybridized carbons (Fsp3) is 0.500. The number of amides is 1. The lowest BCUT2D eigenvalue weighted by Crippen LogP contribution is -2.28. The second kappa shape index (κ2) is 6.74.